The van der Waals surface area contributed by atoms with E-state index in [4.69, 9.17) is 10.4 Å². The maximum absolute atomic E-state index is 13.9. The van der Waals surface area contributed by atoms with Gasteiger partial charge in [-0.15, -0.1) is 11.3 Å². The molecule has 0 radical (unpaired) electrons. The van der Waals surface area contributed by atoms with Gasteiger partial charge in [-0.05, 0) is 36.3 Å². The second kappa shape index (κ2) is 6.26. The standard InChI is InChI=1S/C17H13FN2O4S/c1-8-10(5-16(22)23)11-4-14(21)12(18)6-13(11)20(8)17(24)15-3-2-9(7-19)25-15/h2-4,12-13H,5-6H2,1H3,(H,22,23). The number of ketones is 1. The molecule has 0 bridgehead atoms. The van der Waals surface area contributed by atoms with Crippen LogP contribution in [0.4, 0.5) is 4.39 Å². The second-order valence-electron chi connectivity index (χ2n) is 5.81. The van der Waals surface area contributed by atoms with E-state index in [1.165, 1.54) is 17.0 Å². The van der Waals surface area contributed by atoms with E-state index >= 15 is 0 Å². The minimum absolute atomic E-state index is 0.201. The second-order valence-corrected chi connectivity index (χ2v) is 6.89. The quantitative estimate of drug-likeness (QED) is 0.893. The van der Waals surface area contributed by atoms with Gasteiger partial charge in [-0.25, -0.2) is 4.39 Å². The van der Waals surface area contributed by atoms with Gasteiger partial charge in [0.15, 0.2) is 12.0 Å². The Morgan fingerprint density at radius 1 is 1.48 bits per heavy atom. The third-order valence-corrected chi connectivity index (χ3v) is 5.31. The van der Waals surface area contributed by atoms with Crippen LogP contribution in [0.2, 0.25) is 0 Å². The number of carboxylic acids is 1. The first-order valence-corrected chi connectivity index (χ1v) is 8.30. The highest BCUT2D eigenvalue weighted by Gasteiger charge is 2.44. The van der Waals surface area contributed by atoms with Crippen LogP contribution >= 0.6 is 11.3 Å². The first-order valence-electron chi connectivity index (χ1n) is 7.48. The lowest BCUT2D eigenvalue weighted by atomic mass is 9.88. The average Bonchev–Trinajstić information content (AvgIpc) is 3.12. The Morgan fingerprint density at radius 2 is 2.20 bits per heavy atom. The van der Waals surface area contributed by atoms with Crippen LogP contribution in [0.5, 0.6) is 0 Å². The summed E-state index contributed by atoms with van der Waals surface area (Å²) in [6.45, 7) is 1.59. The zero-order valence-corrected chi connectivity index (χ0v) is 14.0. The molecule has 0 fully saturated rings. The Balaban J connectivity index is 2.05. The summed E-state index contributed by atoms with van der Waals surface area (Å²) >= 11 is 1.01. The Labute approximate surface area is 146 Å². The molecule has 1 N–H and O–H groups in total. The zero-order chi connectivity index (χ0) is 18.3. The molecule has 3 rings (SSSR count). The van der Waals surface area contributed by atoms with Crippen molar-refractivity contribution in [1.82, 2.24) is 4.90 Å². The van der Waals surface area contributed by atoms with Gasteiger partial charge in [0.1, 0.15) is 10.9 Å². The molecule has 1 aliphatic heterocycles. The summed E-state index contributed by atoms with van der Waals surface area (Å²) in [5, 5.41) is 18.0. The minimum Gasteiger partial charge on any atom is -0.481 e. The fraction of sp³-hybridized carbons (Fsp3) is 0.294. The van der Waals surface area contributed by atoms with Crippen molar-refractivity contribution < 1.29 is 23.9 Å². The Bertz CT molecular complexity index is 893. The van der Waals surface area contributed by atoms with Gasteiger partial charge in [-0.1, -0.05) is 0 Å². The summed E-state index contributed by atoms with van der Waals surface area (Å²) in [5.74, 6) is -2.23. The molecule has 1 aromatic rings. The van der Waals surface area contributed by atoms with Crippen LogP contribution in [0.25, 0.3) is 0 Å². The number of carbonyl (C=O) groups excluding carboxylic acids is 2. The van der Waals surface area contributed by atoms with Crippen LogP contribution in [-0.4, -0.2) is 39.9 Å². The van der Waals surface area contributed by atoms with Crippen LogP contribution in [0.15, 0.2) is 35.1 Å². The number of aliphatic carboxylic acids is 1. The van der Waals surface area contributed by atoms with E-state index < -0.39 is 29.9 Å². The molecular formula is C17H13FN2O4S. The van der Waals surface area contributed by atoms with E-state index in [2.05, 4.69) is 0 Å². The number of rotatable bonds is 3. The molecule has 2 aliphatic rings. The summed E-state index contributed by atoms with van der Waals surface area (Å²) in [7, 11) is 0. The van der Waals surface area contributed by atoms with E-state index in [0.29, 0.717) is 26.6 Å². The molecule has 128 valence electrons. The van der Waals surface area contributed by atoms with E-state index in [0.717, 1.165) is 17.4 Å². The number of nitriles is 1. The third kappa shape index (κ3) is 2.87. The van der Waals surface area contributed by atoms with Crippen molar-refractivity contribution in [2.45, 2.75) is 32.0 Å². The third-order valence-electron chi connectivity index (χ3n) is 4.33. The van der Waals surface area contributed by atoms with Gasteiger partial charge >= 0.3 is 5.97 Å². The molecule has 0 saturated carbocycles. The number of nitrogens with zero attached hydrogens (tertiary/aromatic N) is 2. The Hall–Kier alpha value is -2.79. The molecule has 2 unspecified atom stereocenters. The van der Waals surface area contributed by atoms with Crippen LogP contribution in [0.3, 0.4) is 0 Å². The molecule has 1 aliphatic carbocycles. The molecule has 1 aromatic heterocycles. The molecule has 2 atom stereocenters. The summed E-state index contributed by atoms with van der Waals surface area (Å²) in [4.78, 5) is 37.7. The average molecular weight is 360 g/mol. The predicted octanol–water partition coefficient (Wildman–Crippen LogP) is 2.43. The lowest BCUT2D eigenvalue weighted by molar-refractivity contribution is -0.136. The maximum atomic E-state index is 13.9. The number of thiophene rings is 1. The summed E-state index contributed by atoms with van der Waals surface area (Å²) < 4.78 is 13.9. The van der Waals surface area contributed by atoms with Gasteiger partial charge in [-0.3, -0.25) is 14.4 Å². The lowest BCUT2D eigenvalue weighted by Crippen LogP contribution is -2.40. The largest absolute Gasteiger partial charge is 0.481 e. The molecule has 8 heteroatoms. The molecule has 1 amide bonds. The molecule has 0 aromatic carbocycles. The normalized spacial score (nSPS) is 22.5. The first-order chi connectivity index (χ1) is 11.8. The van der Waals surface area contributed by atoms with Gasteiger partial charge in [0.05, 0.1) is 17.3 Å². The summed E-state index contributed by atoms with van der Waals surface area (Å²) in [5.41, 5.74) is 1.16. The van der Waals surface area contributed by atoms with E-state index in [1.807, 2.05) is 6.07 Å². The number of halogens is 1. The molecular weight excluding hydrogens is 347 g/mol. The molecule has 2 heterocycles. The summed E-state index contributed by atoms with van der Waals surface area (Å²) in [6.07, 6.45) is -1.16. The van der Waals surface area contributed by atoms with Gasteiger partial charge < -0.3 is 10.0 Å². The highest BCUT2D eigenvalue weighted by atomic mass is 32.1. The minimum atomic E-state index is -1.72. The first kappa shape index (κ1) is 17.0. The van der Waals surface area contributed by atoms with E-state index in [1.54, 1.807) is 6.92 Å². The number of carboxylic acid groups (broad SMARTS) is 1. The smallest absolute Gasteiger partial charge is 0.307 e. The van der Waals surface area contributed by atoms with Gasteiger partial charge in [-0.2, -0.15) is 5.26 Å². The number of hydrogen-bond donors (Lipinski definition) is 1. The number of fused-ring (bicyclic) bond motifs is 1. The van der Waals surface area contributed by atoms with Crippen molar-refractivity contribution >= 4 is 29.0 Å². The highest BCUT2D eigenvalue weighted by Crippen LogP contribution is 2.41. The van der Waals surface area contributed by atoms with Crippen LogP contribution in [-0.2, 0) is 9.59 Å². The molecule has 0 saturated heterocycles. The zero-order valence-electron chi connectivity index (χ0n) is 13.2. The topological polar surface area (TPSA) is 98.5 Å². The van der Waals surface area contributed by atoms with Crippen LogP contribution in [0, 0.1) is 11.3 Å². The van der Waals surface area contributed by atoms with Gasteiger partial charge in [0.2, 0.25) is 0 Å². The SMILES string of the molecule is CC1=C(CC(=O)O)C2=CC(=O)C(F)CC2N1C(=O)c1ccc(C#N)s1. The van der Waals surface area contributed by atoms with Gasteiger partial charge in [0.25, 0.3) is 5.91 Å². The van der Waals surface area contributed by atoms with Crippen molar-refractivity contribution in [2.24, 2.45) is 0 Å². The van der Waals surface area contributed by atoms with E-state index in [9.17, 15) is 18.8 Å². The van der Waals surface area contributed by atoms with Crippen molar-refractivity contribution in [2.75, 3.05) is 0 Å². The number of alkyl halides is 1. The highest BCUT2D eigenvalue weighted by molar-refractivity contribution is 7.14. The fourth-order valence-corrected chi connectivity index (χ4v) is 3.95. The number of hydrogen-bond acceptors (Lipinski definition) is 5. The molecule has 25 heavy (non-hydrogen) atoms. The number of allylic oxidation sites excluding steroid dienone is 2. The van der Waals surface area contributed by atoms with Crippen molar-refractivity contribution in [3.05, 3.63) is 44.8 Å². The van der Waals surface area contributed by atoms with Crippen molar-refractivity contribution in [3.8, 4) is 6.07 Å². The Morgan fingerprint density at radius 3 is 2.80 bits per heavy atom. The summed E-state index contributed by atoms with van der Waals surface area (Å²) in [6, 6.07) is 4.27. The number of amides is 1. The van der Waals surface area contributed by atoms with E-state index in [-0.39, 0.29) is 12.8 Å². The monoisotopic (exact) mass is 360 g/mol. The van der Waals surface area contributed by atoms with Crippen molar-refractivity contribution in [3.63, 3.8) is 0 Å². The fourth-order valence-electron chi connectivity index (χ4n) is 3.21. The molecule has 6 nitrogen and oxygen atoms in total. The Kier molecular flexibility index (Phi) is 4.27. The van der Waals surface area contributed by atoms with Gasteiger partial charge in [0, 0.05) is 12.1 Å². The predicted molar refractivity (Wildman–Crippen MR) is 86.5 cm³/mol. The van der Waals surface area contributed by atoms with Crippen LogP contribution in [0.1, 0.15) is 34.3 Å². The lowest BCUT2D eigenvalue weighted by Gasteiger charge is -2.29. The van der Waals surface area contributed by atoms with Crippen molar-refractivity contribution in [1.29, 1.82) is 5.26 Å². The maximum Gasteiger partial charge on any atom is 0.307 e. The number of carbonyl (C=O) groups is 3. The van der Waals surface area contributed by atoms with Crippen LogP contribution < -0.4 is 0 Å². The molecule has 0 spiro atoms.